The third-order valence-electron chi connectivity index (χ3n) is 4.50. The van der Waals surface area contributed by atoms with Gasteiger partial charge >= 0.3 is 5.97 Å². The van der Waals surface area contributed by atoms with Gasteiger partial charge in [-0.15, -0.1) is 0 Å². The molecule has 3 nitrogen and oxygen atoms in total. The van der Waals surface area contributed by atoms with Crippen molar-refractivity contribution in [3.05, 3.63) is 71.8 Å². The topological polar surface area (TPSA) is 46.5 Å². The molecule has 1 saturated heterocycles. The first kappa shape index (κ1) is 16.0. The maximum atomic E-state index is 12.9. The standard InChI is InChI=1S/C19H22O3Si/c20-18(22-17-11-13-23-14-12-17)19(21,15-7-3-1-4-8-15)16-9-5-2-6-10-16/h1-10,17,21H,11-14,23H2. The average molecular weight is 326 g/mol. The van der Waals surface area contributed by atoms with Crippen molar-refractivity contribution in [3.63, 3.8) is 0 Å². The molecule has 0 aromatic heterocycles. The van der Waals surface area contributed by atoms with Crippen LogP contribution in [-0.4, -0.2) is 26.7 Å². The number of hydrogen-bond acceptors (Lipinski definition) is 3. The van der Waals surface area contributed by atoms with Crippen LogP contribution >= 0.6 is 0 Å². The van der Waals surface area contributed by atoms with Gasteiger partial charge in [0.2, 0.25) is 5.60 Å². The van der Waals surface area contributed by atoms with Crippen LogP contribution in [0.1, 0.15) is 24.0 Å². The van der Waals surface area contributed by atoms with Crippen molar-refractivity contribution in [2.45, 2.75) is 36.6 Å². The van der Waals surface area contributed by atoms with Gasteiger partial charge in [-0.2, -0.15) is 0 Å². The summed E-state index contributed by atoms with van der Waals surface area (Å²) in [6.07, 6.45) is 1.83. The van der Waals surface area contributed by atoms with Crippen molar-refractivity contribution >= 4 is 15.5 Å². The van der Waals surface area contributed by atoms with E-state index < -0.39 is 11.6 Å². The minimum absolute atomic E-state index is 0.0531. The van der Waals surface area contributed by atoms with Crippen LogP contribution in [0.25, 0.3) is 0 Å². The van der Waals surface area contributed by atoms with Crippen molar-refractivity contribution in [1.82, 2.24) is 0 Å². The monoisotopic (exact) mass is 326 g/mol. The fourth-order valence-corrected chi connectivity index (χ4v) is 5.02. The zero-order valence-corrected chi connectivity index (χ0v) is 14.6. The quantitative estimate of drug-likeness (QED) is 0.694. The molecule has 1 heterocycles. The fourth-order valence-electron chi connectivity index (χ4n) is 3.18. The number of carbonyl (C=O) groups excluding carboxylic acids is 1. The van der Waals surface area contributed by atoms with Crippen LogP contribution in [0.4, 0.5) is 0 Å². The van der Waals surface area contributed by atoms with E-state index in [0.29, 0.717) is 11.1 Å². The van der Waals surface area contributed by atoms with E-state index in [1.54, 1.807) is 24.3 Å². The molecule has 0 atom stereocenters. The second kappa shape index (κ2) is 7.11. The van der Waals surface area contributed by atoms with Gasteiger partial charge in [0.05, 0.1) is 0 Å². The number of ether oxygens (including phenoxy) is 1. The Morgan fingerprint density at radius 1 is 0.957 bits per heavy atom. The van der Waals surface area contributed by atoms with Gasteiger partial charge in [0.25, 0.3) is 0 Å². The summed E-state index contributed by atoms with van der Waals surface area (Å²) in [5.74, 6) is -0.566. The predicted octanol–water partition coefficient (Wildman–Crippen LogP) is 2.63. The van der Waals surface area contributed by atoms with E-state index >= 15 is 0 Å². The van der Waals surface area contributed by atoms with Gasteiger partial charge in [-0.05, 0) is 24.0 Å². The number of carbonyl (C=O) groups is 1. The third kappa shape index (κ3) is 3.38. The molecule has 1 fully saturated rings. The highest BCUT2D eigenvalue weighted by atomic mass is 28.2. The van der Waals surface area contributed by atoms with Gasteiger partial charge < -0.3 is 9.84 Å². The number of aliphatic hydroxyl groups is 1. The van der Waals surface area contributed by atoms with Crippen LogP contribution in [0.2, 0.25) is 12.1 Å². The van der Waals surface area contributed by atoms with Gasteiger partial charge in [0, 0.05) is 9.52 Å². The van der Waals surface area contributed by atoms with Crippen LogP contribution < -0.4 is 0 Å². The van der Waals surface area contributed by atoms with Crippen molar-refractivity contribution < 1.29 is 14.6 Å². The van der Waals surface area contributed by atoms with E-state index in [9.17, 15) is 9.90 Å². The van der Waals surface area contributed by atoms with Gasteiger partial charge in [-0.1, -0.05) is 72.8 Å². The molecule has 2 aromatic carbocycles. The summed E-state index contributed by atoms with van der Waals surface area (Å²) >= 11 is 0. The molecule has 3 rings (SSSR count). The number of benzene rings is 2. The molecule has 4 heteroatoms. The Balaban J connectivity index is 1.93. The molecule has 0 amide bonds. The molecule has 2 aromatic rings. The minimum Gasteiger partial charge on any atom is -0.460 e. The van der Waals surface area contributed by atoms with Gasteiger partial charge in [-0.3, -0.25) is 0 Å². The molecule has 120 valence electrons. The molecular formula is C19H22O3Si. The lowest BCUT2D eigenvalue weighted by atomic mass is 9.86. The third-order valence-corrected chi connectivity index (χ3v) is 6.32. The minimum atomic E-state index is -1.75. The second-order valence-electron chi connectivity index (χ2n) is 6.11. The van der Waals surface area contributed by atoms with Gasteiger partial charge in [-0.25, -0.2) is 4.79 Å². The Kier molecular flexibility index (Phi) is 4.93. The molecule has 0 spiro atoms. The number of rotatable bonds is 4. The second-order valence-corrected chi connectivity index (χ2v) is 8.23. The molecule has 23 heavy (non-hydrogen) atoms. The zero-order chi connectivity index (χ0) is 16.1. The van der Waals surface area contributed by atoms with Crippen molar-refractivity contribution in [2.75, 3.05) is 0 Å². The highest BCUT2D eigenvalue weighted by Gasteiger charge is 2.42. The zero-order valence-electron chi connectivity index (χ0n) is 13.2. The summed E-state index contributed by atoms with van der Waals surface area (Å²) in [6, 6.07) is 20.5. The van der Waals surface area contributed by atoms with E-state index in [1.807, 2.05) is 36.4 Å². The normalized spacial score (nSPS) is 19.4. The van der Waals surface area contributed by atoms with Gasteiger partial charge in [0.1, 0.15) is 6.10 Å². The van der Waals surface area contributed by atoms with Crippen molar-refractivity contribution in [3.8, 4) is 0 Å². The summed E-state index contributed by atoms with van der Waals surface area (Å²) in [7, 11) is 0.0534. The van der Waals surface area contributed by atoms with E-state index in [-0.39, 0.29) is 15.6 Å². The van der Waals surface area contributed by atoms with Crippen LogP contribution in [0.3, 0.4) is 0 Å². The van der Waals surface area contributed by atoms with E-state index in [0.717, 1.165) is 12.8 Å². The molecule has 1 aliphatic rings. The van der Waals surface area contributed by atoms with E-state index in [1.165, 1.54) is 12.1 Å². The maximum Gasteiger partial charge on any atom is 0.347 e. The van der Waals surface area contributed by atoms with Crippen LogP contribution in [0.15, 0.2) is 60.7 Å². The summed E-state index contributed by atoms with van der Waals surface area (Å²) < 4.78 is 5.70. The lowest BCUT2D eigenvalue weighted by molar-refractivity contribution is -0.168. The largest absolute Gasteiger partial charge is 0.460 e. The van der Waals surface area contributed by atoms with E-state index in [2.05, 4.69) is 0 Å². The molecule has 0 saturated carbocycles. The Bertz CT molecular complexity index is 597. The first-order valence-corrected chi connectivity index (χ1v) is 10.3. The Hall–Kier alpha value is -1.91. The SMILES string of the molecule is O=C(OC1CC[SiH2]CC1)C(O)(c1ccccc1)c1ccccc1. The van der Waals surface area contributed by atoms with E-state index in [4.69, 9.17) is 4.74 Å². The number of esters is 1. The molecular weight excluding hydrogens is 304 g/mol. The van der Waals surface area contributed by atoms with Crippen LogP contribution in [0.5, 0.6) is 0 Å². The highest BCUT2D eigenvalue weighted by molar-refractivity contribution is 6.35. The van der Waals surface area contributed by atoms with Crippen LogP contribution in [-0.2, 0) is 15.1 Å². The first-order chi connectivity index (χ1) is 11.2. The Morgan fingerprint density at radius 2 is 1.43 bits per heavy atom. The number of hydrogen-bond donors (Lipinski definition) is 1. The maximum absolute atomic E-state index is 12.9. The van der Waals surface area contributed by atoms with Crippen molar-refractivity contribution in [1.29, 1.82) is 0 Å². The molecule has 1 aliphatic heterocycles. The molecule has 0 bridgehead atoms. The summed E-state index contributed by atoms with van der Waals surface area (Å²) in [6.45, 7) is 0. The summed E-state index contributed by atoms with van der Waals surface area (Å²) in [4.78, 5) is 12.9. The lowest BCUT2D eigenvalue weighted by Gasteiger charge is -2.30. The fraction of sp³-hybridized carbons (Fsp3) is 0.316. The Labute approximate surface area is 139 Å². The van der Waals surface area contributed by atoms with Crippen LogP contribution in [0, 0.1) is 0 Å². The van der Waals surface area contributed by atoms with Crippen molar-refractivity contribution in [2.24, 2.45) is 0 Å². The van der Waals surface area contributed by atoms with Gasteiger partial charge in [0.15, 0.2) is 0 Å². The molecule has 0 unspecified atom stereocenters. The molecule has 0 aliphatic carbocycles. The summed E-state index contributed by atoms with van der Waals surface area (Å²) in [5.41, 5.74) is -0.667. The molecule has 0 radical (unpaired) electrons. The molecule has 1 N–H and O–H groups in total. The summed E-state index contributed by atoms with van der Waals surface area (Å²) in [5, 5.41) is 11.3. The lowest BCUT2D eigenvalue weighted by Crippen LogP contribution is -2.41. The average Bonchev–Trinajstić information content (AvgIpc) is 2.63. The first-order valence-electron chi connectivity index (χ1n) is 8.26. The Morgan fingerprint density at radius 3 is 1.91 bits per heavy atom. The highest BCUT2D eigenvalue weighted by Crippen LogP contribution is 2.32. The smallest absolute Gasteiger partial charge is 0.347 e. The predicted molar refractivity (Wildman–Crippen MR) is 93.2 cm³/mol.